The van der Waals surface area contributed by atoms with Crippen LogP contribution in [0.5, 0.6) is 0 Å². The number of nitrogens with two attached hydrogens (primary N) is 1. The van der Waals surface area contributed by atoms with Crippen LogP contribution in [0.4, 0.5) is 11.4 Å². The maximum atomic E-state index is 5.54. The topological polar surface area (TPSA) is 62.4 Å². The van der Waals surface area contributed by atoms with Crippen molar-refractivity contribution in [3.63, 3.8) is 0 Å². The molecule has 0 aliphatic rings. The van der Waals surface area contributed by atoms with E-state index < -0.39 is 16.1 Å². The van der Waals surface area contributed by atoms with Crippen molar-refractivity contribution in [1.29, 1.82) is 0 Å². The summed E-state index contributed by atoms with van der Waals surface area (Å²) in [5, 5.41) is 9.93. The highest BCUT2D eigenvalue weighted by molar-refractivity contribution is 9.11. The van der Waals surface area contributed by atoms with E-state index in [2.05, 4.69) is 176 Å². The second-order valence-corrected chi connectivity index (χ2v) is 28.5. The van der Waals surface area contributed by atoms with Gasteiger partial charge in [0, 0.05) is 26.2 Å². The van der Waals surface area contributed by atoms with Crippen molar-refractivity contribution < 1.29 is 0 Å². The van der Waals surface area contributed by atoms with E-state index in [-0.39, 0.29) is 0 Å². The van der Waals surface area contributed by atoms with E-state index in [0.717, 1.165) is 38.2 Å². The van der Waals surface area contributed by atoms with Crippen LogP contribution in [-0.2, 0) is 0 Å². The van der Waals surface area contributed by atoms with Gasteiger partial charge in [-0.05, 0) is 150 Å². The van der Waals surface area contributed by atoms with Gasteiger partial charge in [0.05, 0.1) is 32.7 Å². The molecule has 0 atom stereocenters. The van der Waals surface area contributed by atoms with E-state index in [9.17, 15) is 0 Å². The van der Waals surface area contributed by atoms with Gasteiger partial charge in [-0.2, -0.15) is 4.99 Å². The Balaban J connectivity index is 0.000000306. The zero-order chi connectivity index (χ0) is 38.0. The molecule has 0 aliphatic carbocycles. The van der Waals surface area contributed by atoms with Gasteiger partial charge in [0.1, 0.15) is 0 Å². The molecule has 4 aromatic carbocycles. The van der Waals surface area contributed by atoms with E-state index in [1.54, 1.807) is 0 Å². The molecule has 0 saturated carbocycles. The first-order valence-corrected chi connectivity index (χ1v) is 26.6. The Bertz CT molecular complexity index is 1810. The fourth-order valence-electron chi connectivity index (χ4n) is 5.45. The summed E-state index contributed by atoms with van der Waals surface area (Å²) in [6.07, 6.45) is 1.87. The molecular weight excluding hydrogens is 817 g/mol. The van der Waals surface area contributed by atoms with E-state index in [1.165, 1.54) is 50.1 Å². The van der Waals surface area contributed by atoms with Crippen LogP contribution in [0.15, 0.2) is 74.6 Å². The Hall–Kier alpha value is -2.28. The van der Waals surface area contributed by atoms with Crippen LogP contribution in [0.2, 0.25) is 39.3 Å². The number of hydrogen-bond acceptors (Lipinski definition) is 4. The lowest BCUT2D eigenvalue weighted by Gasteiger charge is -2.21. The molecule has 4 nitrogen and oxygen atoms in total. The maximum Gasteiger partial charge on any atom is 0.170 e. The van der Waals surface area contributed by atoms with Gasteiger partial charge in [0.2, 0.25) is 0 Å². The molecule has 0 aromatic heterocycles. The standard InChI is InChI=1S/C20H27BrN2SSi.C16H14BrNS.C4H13NSi/c1-13-10-14(2)18(15(3)11-13)16-8-7-9-17(21)19(16)23-20(24)22-12-25(4,5)6;1-10-7-11(2)15(12(3)8-10)13-5-4-6-14(17)16(13)18-9-19;1-6(2,3)4-5/h7-11H,12H2,1-6H3,(H2,22,23,24);4-8H,1-3H3;4-5H2,1-3H3. The smallest absolute Gasteiger partial charge is 0.170 e. The largest absolute Gasteiger partial charge is 0.365 e. The molecule has 0 unspecified atom stereocenters. The minimum atomic E-state index is -1.20. The van der Waals surface area contributed by atoms with Gasteiger partial charge >= 0.3 is 0 Å². The van der Waals surface area contributed by atoms with Crippen LogP contribution in [0.25, 0.3) is 22.3 Å². The number of isothiocyanates is 1. The minimum Gasteiger partial charge on any atom is -0.365 e. The molecule has 0 bridgehead atoms. The highest BCUT2D eigenvalue weighted by Crippen LogP contribution is 2.40. The number of aryl methyl sites for hydroxylation is 6. The second kappa shape index (κ2) is 19.5. The summed E-state index contributed by atoms with van der Waals surface area (Å²) in [4.78, 5) is 4.21. The lowest BCUT2D eigenvalue weighted by Crippen LogP contribution is -2.41. The zero-order valence-corrected chi connectivity index (χ0v) is 38.6. The van der Waals surface area contributed by atoms with Gasteiger partial charge in [-0.25, -0.2) is 0 Å². The van der Waals surface area contributed by atoms with Gasteiger partial charge in [-0.15, -0.1) is 0 Å². The quantitative estimate of drug-likeness (QED) is 0.0981. The van der Waals surface area contributed by atoms with Gasteiger partial charge in [0.25, 0.3) is 0 Å². The normalized spacial score (nSPS) is 10.9. The third kappa shape index (κ3) is 13.7. The average Bonchev–Trinajstić information content (AvgIpc) is 2.98. The molecule has 268 valence electrons. The molecule has 4 aromatic rings. The highest BCUT2D eigenvalue weighted by Gasteiger charge is 2.17. The van der Waals surface area contributed by atoms with Crippen LogP contribution < -0.4 is 16.4 Å². The number of thiocarbonyl (C=S) groups is 2. The van der Waals surface area contributed by atoms with E-state index in [1.807, 2.05) is 18.2 Å². The summed E-state index contributed by atoms with van der Waals surface area (Å²) in [5.41, 5.74) is 19.6. The number of para-hydroxylation sites is 2. The highest BCUT2D eigenvalue weighted by atomic mass is 79.9. The summed E-state index contributed by atoms with van der Waals surface area (Å²) in [7, 11) is -2.06. The zero-order valence-electron chi connectivity index (χ0n) is 31.8. The number of halogens is 2. The van der Waals surface area contributed by atoms with Crippen molar-refractivity contribution in [2.75, 3.05) is 17.7 Å². The molecule has 0 amide bonds. The van der Waals surface area contributed by atoms with Gasteiger partial charge in [-0.3, -0.25) is 0 Å². The third-order valence-electron chi connectivity index (χ3n) is 7.68. The van der Waals surface area contributed by atoms with Crippen LogP contribution in [0, 0.1) is 41.5 Å². The SMILES string of the molecule is C[Si](C)(C)CN.Cc1cc(C)c(-c2cccc(Br)c2N=C=S)c(C)c1.Cc1cc(C)c(-c2cccc(Br)c2NC(=S)NC[Si](C)(C)C)c(C)c1. The van der Waals surface area contributed by atoms with Crippen molar-refractivity contribution >= 4 is 94.1 Å². The summed E-state index contributed by atoms with van der Waals surface area (Å²) < 4.78 is 1.95. The van der Waals surface area contributed by atoms with Crippen molar-refractivity contribution in [3.8, 4) is 22.3 Å². The molecule has 0 saturated heterocycles. The molecule has 10 heteroatoms. The number of nitrogens with one attached hydrogen (secondary N) is 2. The Morgan fingerprint density at radius 1 is 0.720 bits per heavy atom. The molecular formula is C40H54Br2N4S2Si2. The Morgan fingerprint density at radius 2 is 1.14 bits per heavy atom. The van der Waals surface area contributed by atoms with Gasteiger partial charge in [-0.1, -0.05) is 98.9 Å². The first-order valence-electron chi connectivity index (χ1n) is 16.7. The summed E-state index contributed by atoms with van der Waals surface area (Å²) >= 11 is 17.5. The van der Waals surface area contributed by atoms with Crippen LogP contribution >= 0.6 is 56.3 Å². The van der Waals surface area contributed by atoms with Gasteiger partial charge in [0.15, 0.2) is 5.11 Å². The fourth-order valence-corrected chi connectivity index (χ4v) is 7.47. The molecule has 4 N–H and O–H groups in total. The number of aliphatic imine (C=N–C) groups is 1. The fraction of sp³-hybridized carbons (Fsp3) is 0.350. The number of hydrogen-bond donors (Lipinski definition) is 3. The van der Waals surface area contributed by atoms with Crippen molar-refractivity contribution in [1.82, 2.24) is 5.32 Å². The number of benzene rings is 4. The summed E-state index contributed by atoms with van der Waals surface area (Å²) in [6.45, 7) is 26.6. The molecule has 0 radical (unpaired) electrons. The van der Waals surface area contributed by atoms with Crippen molar-refractivity contribution in [3.05, 3.63) is 103 Å². The van der Waals surface area contributed by atoms with Crippen LogP contribution in [0.3, 0.4) is 0 Å². The van der Waals surface area contributed by atoms with E-state index >= 15 is 0 Å². The average molecular weight is 871 g/mol. The van der Waals surface area contributed by atoms with E-state index in [0.29, 0.717) is 5.11 Å². The third-order valence-corrected chi connectivity index (χ3v) is 11.8. The maximum absolute atomic E-state index is 5.54. The lowest BCUT2D eigenvalue weighted by molar-refractivity contribution is 1.09. The monoisotopic (exact) mass is 868 g/mol. The Kier molecular flexibility index (Phi) is 17.1. The molecule has 50 heavy (non-hydrogen) atoms. The van der Waals surface area contributed by atoms with Crippen molar-refractivity contribution in [2.24, 2.45) is 10.7 Å². The first kappa shape index (κ1) is 43.9. The lowest BCUT2D eigenvalue weighted by atomic mass is 9.93. The molecule has 0 fully saturated rings. The Labute approximate surface area is 331 Å². The molecule has 0 heterocycles. The van der Waals surface area contributed by atoms with E-state index in [4.69, 9.17) is 30.2 Å². The number of rotatable bonds is 7. The number of nitrogens with zero attached hydrogens (tertiary/aromatic N) is 1. The van der Waals surface area contributed by atoms with Gasteiger partial charge < -0.3 is 16.4 Å². The summed E-state index contributed by atoms with van der Waals surface area (Å²) in [6, 6.07) is 21.2. The van der Waals surface area contributed by atoms with Crippen LogP contribution in [0.1, 0.15) is 33.4 Å². The Morgan fingerprint density at radius 3 is 1.56 bits per heavy atom. The first-order chi connectivity index (χ1) is 23.2. The predicted molar refractivity (Wildman–Crippen MR) is 242 cm³/mol. The minimum absolute atomic E-state index is 0.679. The predicted octanol–water partition coefficient (Wildman–Crippen LogP) is 12.8. The summed E-state index contributed by atoms with van der Waals surface area (Å²) in [5.74, 6) is 0. The van der Waals surface area contributed by atoms with Crippen molar-refractivity contribution in [2.45, 2.75) is 80.8 Å². The number of anilines is 1. The van der Waals surface area contributed by atoms with Crippen LogP contribution in [-0.4, -0.2) is 38.8 Å². The molecule has 4 rings (SSSR count). The second-order valence-electron chi connectivity index (χ2n) is 15.2. The molecule has 0 aliphatic heterocycles. The molecule has 0 spiro atoms.